The fourth-order valence-electron chi connectivity index (χ4n) is 7.38. The maximum absolute atomic E-state index is 6.34. The second-order valence-corrected chi connectivity index (χ2v) is 12.5. The lowest BCUT2D eigenvalue weighted by atomic mass is 9.93. The van der Waals surface area contributed by atoms with Gasteiger partial charge in [-0.1, -0.05) is 115 Å². The van der Waals surface area contributed by atoms with Crippen LogP contribution in [0.15, 0.2) is 185 Å². The second kappa shape index (κ2) is 11.0. The summed E-state index contributed by atoms with van der Waals surface area (Å²) in [5, 5.41) is 6.93. The van der Waals surface area contributed by atoms with Crippen molar-refractivity contribution in [3.05, 3.63) is 176 Å². The Bertz CT molecular complexity index is 2710. The standard InChI is InChI=1S/C46H29NO2/c1-2-10-30(11-3-1)35-14-8-17-38-36(15-9-16-37(35)38)31-20-22-32(23-21-31)47(33-24-26-41-39-12-4-6-18-43(39)48-45(41)28-33)34-25-27-42-40-13-5-7-19-44(40)49-46(42)29-34/h1-29H. The largest absolute Gasteiger partial charge is 0.456 e. The van der Waals surface area contributed by atoms with Crippen LogP contribution in [0.25, 0.3) is 76.9 Å². The van der Waals surface area contributed by atoms with Crippen LogP contribution in [0.1, 0.15) is 0 Å². The zero-order chi connectivity index (χ0) is 32.3. The lowest BCUT2D eigenvalue weighted by molar-refractivity contribution is 0.669. The summed E-state index contributed by atoms with van der Waals surface area (Å²) < 4.78 is 12.7. The molecular weight excluding hydrogens is 599 g/mol. The topological polar surface area (TPSA) is 29.5 Å². The van der Waals surface area contributed by atoms with Crippen LogP contribution >= 0.6 is 0 Å². The highest BCUT2D eigenvalue weighted by molar-refractivity contribution is 6.08. The molecule has 0 saturated heterocycles. The molecule has 0 bridgehead atoms. The minimum absolute atomic E-state index is 0.857. The average Bonchev–Trinajstić information content (AvgIpc) is 3.73. The van der Waals surface area contributed by atoms with Crippen LogP contribution in [-0.2, 0) is 0 Å². The van der Waals surface area contributed by atoms with E-state index in [0.717, 1.165) is 60.9 Å². The fourth-order valence-corrected chi connectivity index (χ4v) is 7.38. The van der Waals surface area contributed by atoms with Gasteiger partial charge in [0.15, 0.2) is 0 Å². The van der Waals surface area contributed by atoms with Gasteiger partial charge in [0, 0.05) is 50.7 Å². The van der Waals surface area contributed by atoms with Crippen LogP contribution in [0, 0.1) is 0 Å². The van der Waals surface area contributed by atoms with E-state index in [9.17, 15) is 0 Å². The number of benzene rings is 8. The molecule has 0 amide bonds. The van der Waals surface area contributed by atoms with Gasteiger partial charge in [0.25, 0.3) is 0 Å². The highest BCUT2D eigenvalue weighted by atomic mass is 16.3. The quantitative estimate of drug-likeness (QED) is 0.190. The van der Waals surface area contributed by atoms with Gasteiger partial charge in [-0.2, -0.15) is 0 Å². The summed E-state index contributed by atoms with van der Waals surface area (Å²) in [4.78, 5) is 2.28. The van der Waals surface area contributed by atoms with Gasteiger partial charge in [-0.25, -0.2) is 0 Å². The van der Waals surface area contributed by atoms with E-state index in [1.54, 1.807) is 0 Å². The Kier molecular flexibility index (Phi) is 6.18. The van der Waals surface area contributed by atoms with E-state index < -0.39 is 0 Å². The summed E-state index contributed by atoms with van der Waals surface area (Å²) in [6.07, 6.45) is 0. The predicted octanol–water partition coefficient (Wildman–Crippen LogP) is 13.4. The van der Waals surface area contributed by atoms with Gasteiger partial charge >= 0.3 is 0 Å². The van der Waals surface area contributed by atoms with E-state index in [-0.39, 0.29) is 0 Å². The summed E-state index contributed by atoms with van der Waals surface area (Å²) in [6.45, 7) is 0. The lowest BCUT2D eigenvalue weighted by Crippen LogP contribution is -2.09. The number of anilines is 3. The number of hydrogen-bond acceptors (Lipinski definition) is 3. The highest BCUT2D eigenvalue weighted by Crippen LogP contribution is 2.42. The molecule has 0 aliphatic rings. The van der Waals surface area contributed by atoms with Crippen LogP contribution in [0.2, 0.25) is 0 Å². The molecule has 3 heteroatoms. The molecule has 10 aromatic rings. The Morgan fingerprint density at radius 3 is 1.27 bits per heavy atom. The first kappa shape index (κ1) is 27.5. The first-order valence-electron chi connectivity index (χ1n) is 16.6. The van der Waals surface area contributed by atoms with Crippen LogP contribution in [0.4, 0.5) is 17.1 Å². The monoisotopic (exact) mass is 627 g/mol. The van der Waals surface area contributed by atoms with E-state index in [4.69, 9.17) is 8.83 Å². The molecular formula is C46H29NO2. The van der Waals surface area contributed by atoms with Crippen molar-refractivity contribution >= 4 is 71.7 Å². The molecule has 230 valence electrons. The Balaban J connectivity index is 1.12. The molecule has 2 heterocycles. The van der Waals surface area contributed by atoms with Gasteiger partial charge in [0.2, 0.25) is 0 Å². The van der Waals surface area contributed by atoms with Crippen LogP contribution in [-0.4, -0.2) is 0 Å². The molecule has 8 aromatic carbocycles. The smallest absolute Gasteiger partial charge is 0.137 e. The molecule has 0 unspecified atom stereocenters. The van der Waals surface area contributed by atoms with Gasteiger partial charge in [0.05, 0.1) is 0 Å². The molecule has 49 heavy (non-hydrogen) atoms. The van der Waals surface area contributed by atoms with E-state index in [1.807, 2.05) is 24.3 Å². The van der Waals surface area contributed by atoms with E-state index in [2.05, 4.69) is 157 Å². The van der Waals surface area contributed by atoms with Gasteiger partial charge in [-0.05, 0) is 81.6 Å². The number of furan rings is 2. The third-order valence-electron chi connectivity index (χ3n) is 9.68. The molecule has 10 rings (SSSR count). The number of para-hydroxylation sites is 2. The maximum atomic E-state index is 6.34. The first-order chi connectivity index (χ1) is 24.3. The average molecular weight is 628 g/mol. The minimum atomic E-state index is 0.857. The van der Waals surface area contributed by atoms with Crippen molar-refractivity contribution in [2.75, 3.05) is 4.90 Å². The van der Waals surface area contributed by atoms with Crippen LogP contribution in [0.3, 0.4) is 0 Å². The summed E-state index contributed by atoms with van der Waals surface area (Å²) >= 11 is 0. The minimum Gasteiger partial charge on any atom is -0.456 e. The van der Waals surface area contributed by atoms with Crippen molar-refractivity contribution in [2.24, 2.45) is 0 Å². The molecule has 2 aromatic heterocycles. The molecule has 0 spiro atoms. The predicted molar refractivity (Wildman–Crippen MR) is 204 cm³/mol. The normalized spacial score (nSPS) is 11.7. The highest BCUT2D eigenvalue weighted by Gasteiger charge is 2.18. The van der Waals surface area contributed by atoms with E-state index in [1.165, 1.54) is 33.0 Å². The third kappa shape index (κ3) is 4.51. The van der Waals surface area contributed by atoms with Crippen molar-refractivity contribution < 1.29 is 8.83 Å². The number of hydrogen-bond donors (Lipinski definition) is 0. The third-order valence-corrected chi connectivity index (χ3v) is 9.68. The molecule has 0 atom stereocenters. The SMILES string of the molecule is c1ccc(-c2cccc3c(-c4ccc(N(c5ccc6c(c5)oc5ccccc56)c5ccc6c(c5)oc5ccccc56)cc4)cccc23)cc1. The Morgan fingerprint density at radius 2 is 0.714 bits per heavy atom. The van der Waals surface area contributed by atoms with Gasteiger partial charge in [0.1, 0.15) is 22.3 Å². The zero-order valence-corrected chi connectivity index (χ0v) is 26.5. The van der Waals surface area contributed by atoms with E-state index in [0.29, 0.717) is 0 Å². The zero-order valence-electron chi connectivity index (χ0n) is 26.5. The fraction of sp³-hybridized carbons (Fsp3) is 0. The van der Waals surface area contributed by atoms with Crippen LogP contribution < -0.4 is 4.90 Å². The van der Waals surface area contributed by atoms with Gasteiger partial charge in [-0.15, -0.1) is 0 Å². The number of fused-ring (bicyclic) bond motifs is 7. The first-order valence-corrected chi connectivity index (χ1v) is 16.6. The summed E-state index contributed by atoms with van der Waals surface area (Å²) in [7, 11) is 0. The van der Waals surface area contributed by atoms with Gasteiger partial charge < -0.3 is 13.7 Å². The van der Waals surface area contributed by atoms with Gasteiger partial charge in [-0.3, -0.25) is 0 Å². The summed E-state index contributed by atoms with van der Waals surface area (Å²) in [5.41, 5.74) is 11.4. The van der Waals surface area contributed by atoms with E-state index >= 15 is 0 Å². The number of rotatable bonds is 5. The molecule has 0 aliphatic carbocycles. The molecule has 0 aliphatic heterocycles. The van der Waals surface area contributed by atoms with Crippen LogP contribution in [0.5, 0.6) is 0 Å². The van der Waals surface area contributed by atoms with Crippen molar-refractivity contribution in [3.8, 4) is 22.3 Å². The van der Waals surface area contributed by atoms with Crippen molar-refractivity contribution in [1.82, 2.24) is 0 Å². The maximum Gasteiger partial charge on any atom is 0.137 e. The second-order valence-electron chi connectivity index (χ2n) is 12.5. The van der Waals surface area contributed by atoms with Crippen molar-refractivity contribution in [1.29, 1.82) is 0 Å². The molecule has 0 saturated carbocycles. The lowest BCUT2D eigenvalue weighted by Gasteiger charge is -2.25. The molecule has 0 fully saturated rings. The molecule has 3 nitrogen and oxygen atoms in total. The molecule has 0 radical (unpaired) electrons. The van der Waals surface area contributed by atoms with Crippen molar-refractivity contribution in [2.45, 2.75) is 0 Å². The summed E-state index contributed by atoms with van der Waals surface area (Å²) in [6, 6.07) is 62.1. The Labute approximate surface area is 282 Å². The Morgan fingerprint density at radius 1 is 0.286 bits per heavy atom. The Hall–Kier alpha value is -6.58. The number of nitrogens with zero attached hydrogens (tertiary/aromatic N) is 1. The molecule has 0 N–H and O–H groups in total. The summed E-state index contributed by atoms with van der Waals surface area (Å²) in [5.74, 6) is 0. The van der Waals surface area contributed by atoms with Crippen molar-refractivity contribution in [3.63, 3.8) is 0 Å².